The molecule has 1 heterocycles. The summed E-state index contributed by atoms with van der Waals surface area (Å²) in [5.74, 6) is -0.571. The molecule has 3 N–H and O–H groups in total. The Kier molecular flexibility index (Phi) is 7.00. The fraction of sp³-hybridized carbons (Fsp3) is 0.500. The van der Waals surface area contributed by atoms with Crippen LogP contribution in [0.1, 0.15) is 33.1 Å². The van der Waals surface area contributed by atoms with E-state index in [9.17, 15) is 9.59 Å². The van der Waals surface area contributed by atoms with Gasteiger partial charge < -0.3 is 20.5 Å². The van der Waals surface area contributed by atoms with E-state index in [2.05, 4.69) is 15.6 Å². The van der Waals surface area contributed by atoms with E-state index in [-0.39, 0.29) is 0 Å². The fourth-order valence-electron chi connectivity index (χ4n) is 1.68. The monoisotopic (exact) mass is 295 g/mol. The molecule has 1 atom stereocenters. The second-order valence-electron chi connectivity index (χ2n) is 4.45. The van der Waals surface area contributed by atoms with E-state index in [1.54, 1.807) is 12.1 Å². The highest BCUT2D eigenvalue weighted by Gasteiger charge is 2.19. The molecule has 7 heteroatoms. The Balaban J connectivity index is 2.52. The van der Waals surface area contributed by atoms with Crippen molar-refractivity contribution in [1.82, 2.24) is 10.3 Å². The molecule has 7 nitrogen and oxygen atoms in total. The molecule has 1 unspecified atom stereocenters. The van der Waals surface area contributed by atoms with Crippen molar-refractivity contribution in [3.05, 3.63) is 18.3 Å². The van der Waals surface area contributed by atoms with Gasteiger partial charge in [0, 0.05) is 6.07 Å². The highest BCUT2D eigenvalue weighted by atomic mass is 16.5. The lowest BCUT2D eigenvalue weighted by atomic mass is 10.1. The van der Waals surface area contributed by atoms with Gasteiger partial charge in [0.25, 0.3) is 0 Å². The van der Waals surface area contributed by atoms with E-state index < -0.39 is 18.0 Å². The van der Waals surface area contributed by atoms with Crippen LogP contribution in [0.3, 0.4) is 0 Å². The summed E-state index contributed by atoms with van der Waals surface area (Å²) in [7, 11) is 0. The molecule has 116 valence electrons. The average Bonchev–Trinajstić information content (AvgIpc) is 2.45. The zero-order valence-corrected chi connectivity index (χ0v) is 12.3. The zero-order valence-electron chi connectivity index (χ0n) is 12.3. The number of rotatable bonds is 8. The first-order chi connectivity index (χ1) is 10.1. The number of aromatic nitrogens is 1. The summed E-state index contributed by atoms with van der Waals surface area (Å²) >= 11 is 0. The predicted octanol–water partition coefficient (Wildman–Crippen LogP) is 2.25. The minimum absolute atomic E-state index is 0.404. The number of carbonyl (C=O) groups is 2. The van der Waals surface area contributed by atoms with Crippen LogP contribution in [-0.4, -0.2) is 34.7 Å². The normalized spacial score (nSPS) is 11.5. The highest BCUT2D eigenvalue weighted by Crippen LogP contribution is 2.11. The van der Waals surface area contributed by atoms with Gasteiger partial charge in [0.15, 0.2) is 0 Å². The van der Waals surface area contributed by atoms with Crippen LogP contribution in [0.2, 0.25) is 0 Å². The number of amides is 2. The van der Waals surface area contributed by atoms with Gasteiger partial charge >= 0.3 is 12.0 Å². The summed E-state index contributed by atoms with van der Waals surface area (Å²) in [5, 5.41) is 14.0. The fourth-order valence-corrected chi connectivity index (χ4v) is 1.68. The van der Waals surface area contributed by atoms with Gasteiger partial charge in [0.05, 0.1) is 18.5 Å². The van der Waals surface area contributed by atoms with Gasteiger partial charge in [-0.15, -0.1) is 0 Å². The molecule has 0 aliphatic heterocycles. The molecular formula is C14H21N3O4. The molecule has 0 aromatic carbocycles. The lowest BCUT2D eigenvalue weighted by Crippen LogP contribution is -2.42. The number of ether oxygens (including phenoxy) is 1. The third-order valence-electron chi connectivity index (χ3n) is 2.74. The van der Waals surface area contributed by atoms with Crippen LogP contribution >= 0.6 is 0 Å². The summed E-state index contributed by atoms with van der Waals surface area (Å²) < 4.78 is 5.19. The minimum Gasteiger partial charge on any atom is -0.480 e. The first kappa shape index (κ1) is 16.7. The average molecular weight is 295 g/mol. The molecule has 21 heavy (non-hydrogen) atoms. The Morgan fingerprint density at radius 3 is 2.67 bits per heavy atom. The van der Waals surface area contributed by atoms with E-state index in [1.165, 1.54) is 6.20 Å². The van der Waals surface area contributed by atoms with Crippen molar-refractivity contribution in [2.24, 2.45) is 0 Å². The Bertz CT molecular complexity index is 462. The second-order valence-corrected chi connectivity index (χ2v) is 4.45. The summed E-state index contributed by atoms with van der Waals surface area (Å²) in [4.78, 5) is 26.8. The third-order valence-corrected chi connectivity index (χ3v) is 2.74. The van der Waals surface area contributed by atoms with E-state index in [0.717, 1.165) is 12.8 Å². The molecule has 0 spiro atoms. The van der Waals surface area contributed by atoms with Gasteiger partial charge in [-0.2, -0.15) is 0 Å². The zero-order chi connectivity index (χ0) is 15.7. The molecule has 0 bridgehead atoms. The number of hydrogen-bond acceptors (Lipinski definition) is 4. The number of unbranched alkanes of at least 4 members (excludes halogenated alkanes) is 1. The van der Waals surface area contributed by atoms with Crippen molar-refractivity contribution in [2.75, 3.05) is 11.9 Å². The third kappa shape index (κ3) is 6.11. The summed E-state index contributed by atoms with van der Waals surface area (Å²) in [6, 6.07) is 1.81. The Hall–Kier alpha value is -2.31. The van der Waals surface area contributed by atoms with Crippen molar-refractivity contribution in [3.8, 4) is 5.88 Å². The maximum Gasteiger partial charge on any atom is 0.326 e. The molecule has 2 amide bonds. The second kappa shape index (κ2) is 8.78. The molecule has 0 aliphatic rings. The Labute approximate surface area is 123 Å². The Morgan fingerprint density at radius 1 is 1.38 bits per heavy atom. The molecule has 1 rings (SSSR count). The Morgan fingerprint density at radius 2 is 2.14 bits per heavy atom. The molecular weight excluding hydrogens is 274 g/mol. The van der Waals surface area contributed by atoms with Crippen molar-refractivity contribution in [3.63, 3.8) is 0 Å². The van der Waals surface area contributed by atoms with Crippen LogP contribution < -0.4 is 15.4 Å². The number of nitrogens with zero attached hydrogens (tertiary/aromatic N) is 1. The SMILES string of the molecule is CCCCC(NC(=O)Nc1ccc(OCC)nc1)C(=O)O. The van der Waals surface area contributed by atoms with Crippen molar-refractivity contribution in [2.45, 2.75) is 39.2 Å². The first-order valence-electron chi connectivity index (χ1n) is 6.96. The number of aliphatic carboxylic acids is 1. The number of nitrogens with one attached hydrogen (secondary N) is 2. The minimum atomic E-state index is -1.04. The van der Waals surface area contributed by atoms with E-state index in [4.69, 9.17) is 9.84 Å². The van der Waals surface area contributed by atoms with Gasteiger partial charge in [-0.3, -0.25) is 0 Å². The quantitative estimate of drug-likeness (QED) is 0.683. The van der Waals surface area contributed by atoms with Gasteiger partial charge in [-0.05, 0) is 19.4 Å². The van der Waals surface area contributed by atoms with Gasteiger partial charge in [0.1, 0.15) is 6.04 Å². The highest BCUT2D eigenvalue weighted by molar-refractivity contribution is 5.92. The number of anilines is 1. The summed E-state index contributed by atoms with van der Waals surface area (Å²) in [6.45, 7) is 4.33. The molecule has 1 aromatic heterocycles. The van der Waals surface area contributed by atoms with Gasteiger partial charge in [-0.1, -0.05) is 19.8 Å². The van der Waals surface area contributed by atoms with Crippen molar-refractivity contribution < 1.29 is 19.4 Å². The van der Waals surface area contributed by atoms with Crippen LogP contribution in [0.5, 0.6) is 5.88 Å². The first-order valence-corrected chi connectivity index (χ1v) is 6.96. The molecule has 0 saturated heterocycles. The van der Waals surface area contributed by atoms with Crippen LogP contribution in [0, 0.1) is 0 Å². The standard InChI is InChI=1S/C14H21N3O4/c1-3-5-6-11(13(18)19)17-14(20)16-10-7-8-12(15-9-10)21-4-2/h7-9,11H,3-6H2,1-2H3,(H,18,19)(H2,16,17,20). The van der Waals surface area contributed by atoms with E-state index in [0.29, 0.717) is 24.6 Å². The van der Waals surface area contributed by atoms with Crippen molar-refractivity contribution >= 4 is 17.7 Å². The number of hydrogen-bond donors (Lipinski definition) is 3. The molecule has 0 fully saturated rings. The van der Waals surface area contributed by atoms with E-state index >= 15 is 0 Å². The van der Waals surface area contributed by atoms with E-state index in [1.807, 2.05) is 13.8 Å². The van der Waals surface area contributed by atoms with Gasteiger partial charge in [-0.25, -0.2) is 14.6 Å². The number of urea groups is 1. The lowest BCUT2D eigenvalue weighted by molar-refractivity contribution is -0.139. The topological polar surface area (TPSA) is 101 Å². The number of carboxylic acids is 1. The molecule has 0 aliphatic carbocycles. The van der Waals surface area contributed by atoms with Crippen LogP contribution in [-0.2, 0) is 4.79 Å². The largest absolute Gasteiger partial charge is 0.480 e. The molecule has 1 aromatic rings. The summed E-state index contributed by atoms with van der Waals surface area (Å²) in [6.07, 6.45) is 3.46. The van der Waals surface area contributed by atoms with Crippen LogP contribution in [0.4, 0.5) is 10.5 Å². The predicted molar refractivity (Wildman–Crippen MR) is 78.5 cm³/mol. The van der Waals surface area contributed by atoms with Crippen LogP contribution in [0.25, 0.3) is 0 Å². The molecule has 0 radical (unpaired) electrons. The smallest absolute Gasteiger partial charge is 0.326 e. The number of pyridine rings is 1. The van der Waals surface area contributed by atoms with Crippen LogP contribution in [0.15, 0.2) is 18.3 Å². The summed E-state index contributed by atoms with van der Waals surface area (Å²) in [5.41, 5.74) is 0.468. The maximum absolute atomic E-state index is 11.8. The molecule has 0 saturated carbocycles. The van der Waals surface area contributed by atoms with Gasteiger partial charge in [0.2, 0.25) is 5.88 Å². The number of carbonyl (C=O) groups excluding carboxylic acids is 1. The maximum atomic E-state index is 11.8. The van der Waals surface area contributed by atoms with Crippen molar-refractivity contribution in [1.29, 1.82) is 0 Å². The number of carboxylic acid groups (broad SMARTS) is 1. The lowest BCUT2D eigenvalue weighted by Gasteiger charge is -2.14.